The molecule has 7 rings (SSSR count). The Bertz CT molecular complexity index is 1540. The second-order valence-corrected chi connectivity index (χ2v) is 9.32. The number of nitrogens with zero attached hydrogens (tertiary/aromatic N) is 4. The third-order valence-electron chi connectivity index (χ3n) is 7.38. The fraction of sp³-hybridized carbons (Fsp3) is 0.100. The van der Waals surface area contributed by atoms with E-state index in [1.165, 1.54) is 4.90 Å². The second-order valence-electron chi connectivity index (χ2n) is 9.32. The van der Waals surface area contributed by atoms with Gasteiger partial charge < -0.3 is 0 Å². The lowest BCUT2D eigenvalue weighted by molar-refractivity contribution is -0.137. The number of urea groups is 1. The van der Waals surface area contributed by atoms with Gasteiger partial charge in [-0.2, -0.15) is 0 Å². The van der Waals surface area contributed by atoms with E-state index in [1.54, 1.807) is 29.2 Å². The van der Waals surface area contributed by atoms with Crippen molar-refractivity contribution in [3.05, 3.63) is 126 Å². The van der Waals surface area contributed by atoms with Crippen LogP contribution in [0.15, 0.2) is 115 Å². The molecule has 0 unspecified atom stereocenters. The van der Waals surface area contributed by atoms with E-state index in [1.807, 2.05) is 95.9 Å². The average molecular weight is 487 g/mol. The van der Waals surface area contributed by atoms with E-state index in [0.29, 0.717) is 23.6 Å². The summed E-state index contributed by atoms with van der Waals surface area (Å²) in [7, 11) is 0. The van der Waals surface area contributed by atoms with E-state index in [9.17, 15) is 14.4 Å². The van der Waals surface area contributed by atoms with Crippen molar-refractivity contribution in [3.8, 4) is 0 Å². The molecule has 37 heavy (non-hydrogen) atoms. The summed E-state index contributed by atoms with van der Waals surface area (Å²) in [6.07, 6.45) is -0.574. The van der Waals surface area contributed by atoms with Crippen LogP contribution in [0.1, 0.15) is 17.3 Å². The van der Waals surface area contributed by atoms with Gasteiger partial charge >= 0.3 is 6.03 Å². The van der Waals surface area contributed by atoms with Gasteiger partial charge in [-0.05, 0) is 35.9 Å². The number of rotatable bonds is 4. The van der Waals surface area contributed by atoms with Crippen molar-refractivity contribution < 1.29 is 14.4 Å². The first-order chi connectivity index (χ1) is 18.1. The quantitative estimate of drug-likeness (QED) is 0.304. The van der Waals surface area contributed by atoms with Gasteiger partial charge in [0.25, 0.3) is 17.5 Å². The number of imide groups is 1. The topological polar surface area (TPSA) is 64.2 Å². The second kappa shape index (κ2) is 7.88. The zero-order chi connectivity index (χ0) is 25.1. The van der Waals surface area contributed by atoms with Gasteiger partial charge in [-0.25, -0.2) is 14.6 Å². The number of benzene rings is 4. The molecule has 3 aliphatic heterocycles. The van der Waals surface area contributed by atoms with Crippen LogP contribution in [0.25, 0.3) is 0 Å². The van der Waals surface area contributed by atoms with Gasteiger partial charge in [0.15, 0.2) is 0 Å². The molecule has 3 heterocycles. The molecule has 2 atom stereocenters. The van der Waals surface area contributed by atoms with Crippen LogP contribution in [0.4, 0.5) is 21.9 Å². The molecular weight excluding hydrogens is 464 g/mol. The van der Waals surface area contributed by atoms with Crippen molar-refractivity contribution in [1.29, 1.82) is 0 Å². The van der Waals surface area contributed by atoms with Crippen molar-refractivity contribution in [2.75, 3.05) is 14.7 Å². The molecule has 3 aliphatic rings. The number of carbonyl (C=O) groups excluding carboxylic acids is 3. The molecule has 180 valence electrons. The lowest BCUT2D eigenvalue weighted by atomic mass is 9.98. The number of anilines is 3. The van der Waals surface area contributed by atoms with E-state index in [2.05, 4.69) is 0 Å². The molecule has 2 saturated heterocycles. The molecule has 4 aromatic carbocycles. The first-order valence-corrected chi connectivity index (χ1v) is 12.2. The van der Waals surface area contributed by atoms with Gasteiger partial charge in [0.2, 0.25) is 0 Å². The number of hydrogen-bond donors (Lipinski definition) is 0. The molecule has 2 fully saturated rings. The SMILES string of the molecule is O=C1N(c2ccccc2)C(=O)[C@@]23C(=O)N(c4ccccc4)[C@@H](c4ccccc4N12)N3Cc1ccccc1. The van der Waals surface area contributed by atoms with E-state index in [4.69, 9.17) is 0 Å². The van der Waals surface area contributed by atoms with Crippen LogP contribution in [0, 0.1) is 0 Å². The third kappa shape index (κ3) is 2.77. The maximum atomic E-state index is 14.6. The van der Waals surface area contributed by atoms with Crippen LogP contribution in [0.2, 0.25) is 0 Å². The highest BCUT2D eigenvalue weighted by Gasteiger charge is 2.76. The number of para-hydroxylation sites is 3. The van der Waals surface area contributed by atoms with Crippen LogP contribution in [-0.4, -0.2) is 28.4 Å². The minimum absolute atomic E-state index is 0.299. The van der Waals surface area contributed by atoms with Crippen LogP contribution >= 0.6 is 0 Å². The van der Waals surface area contributed by atoms with Crippen molar-refractivity contribution in [3.63, 3.8) is 0 Å². The molecule has 0 radical (unpaired) electrons. The van der Waals surface area contributed by atoms with Crippen LogP contribution in [0.3, 0.4) is 0 Å². The molecule has 2 bridgehead atoms. The Labute approximate surface area is 213 Å². The van der Waals surface area contributed by atoms with Crippen molar-refractivity contribution in [2.45, 2.75) is 18.4 Å². The minimum Gasteiger partial charge on any atom is -0.288 e. The molecule has 0 saturated carbocycles. The molecule has 7 nitrogen and oxygen atoms in total. The molecule has 1 spiro atoms. The fourth-order valence-corrected chi connectivity index (χ4v) is 5.86. The Kier molecular flexibility index (Phi) is 4.58. The highest BCUT2D eigenvalue weighted by Crippen LogP contribution is 2.56. The normalized spacial score (nSPS) is 22.4. The predicted molar refractivity (Wildman–Crippen MR) is 140 cm³/mol. The minimum atomic E-state index is -1.85. The molecule has 0 aliphatic carbocycles. The molecule has 4 aromatic rings. The predicted octanol–water partition coefficient (Wildman–Crippen LogP) is 4.92. The maximum Gasteiger partial charge on any atom is 0.338 e. The molecule has 0 aromatic heterocycles. The summed E-state index contributed by atoms with van der Waals surface area (Å²) in [4.78, 5) is 49.3. The fourth-order valence-electron chi connectivity index (χ4n) is 5.86. The number of amides is 4. The first-order valence-electron chi connectivity index (χ1n) is 12.2. The first kappa shape index (κ1) is 21.5. The lowest BCUT2D eigenvalue weighted by Crippen LogP contribution is -2.65. The largest absolute Gasteiger partial charge is 0.338 e. The van der Waals surface area contributed by atoms with E-state index < -0.39 is 29.7 Å². The standard InChI is InChI=1S/C30H22N4O3/c35-27-30-28(36)33(23-16-8-3-9-17-23)29(37)34(30)25-19-11-10-18-24(25)26(32(27)22-14-6-2-7-15-22)31(30)20-21-12-4-1-5-13-21/h1-19,26H,20H2/t26-,30+/m0/s1. The lowest BCUT2D eigenvalue weighted by Gasteiger charge is -2.43. The van der Waals surface area contributed by atoms with Gasteiger partial charge in [0, 0.05) is 17.8 Å². The Morgan fingerprint density at radius 2 is 1.19 bits per heavy atom. The van der Waals surface area contributed by atoms with Gasteiger partial charge in [0.05, 0.1) is 11.4 Å². The summed E-state index contributed by atoms with van der Waals surface area (Å²) < 4.78 is 0. The van der Waals surface area contributed by atoms with Crippen LogP contribution in [0.5, 0.6) is 0 Å². The summed E-state index contributed by atoms with van der Waals surface area (Å²) >= 11 is 0. The summed E-state index contributed by atoms with van der Waals surface area (Å²) in [5, 5.41) is 0. The number of hydrogen-bond acceptors (Lipinski definition) is 4. The highest BCUT2D eigenvalue weighted by atomic mass is 16.2. The van der Waals surface area contributed by atoms with Gasteiger partial charge in [-0.1, -0.05) is 84.9 Å². The summed E-state index contributed by atoms with van der Waals surface area (Å²) in [6.45, 7) is 0.299. The Morgan fingerprint density at radius 3 is 1.86 bits per heavy atom. The van der Waals surface area contributed by atoms with E-state index >= 15 is 0 Å². The van der Waals surface area contributed by atoms with E-state index in [-0.39, 0.29) is 0 Å². The molecule has 4 amide bonds. The summed E-state index contributed by atoms with van der Waals surface area (Å²) in [5.74, 6) is -1.00. The van der Waals surface area contributed by atoms with Crippen molar-refractivity contribution in [2.24, 2.45) is 0 Å². The highest BCUT2D eigenvalue weighted by molar-refractivity contribution is 6.40. The van der Waals surface area contributed by atoms with Gasteiger partial charge in [-0.3, -0.25) is 19.4 Å². The Morgan fingerprint density at radius 1 is 0.622 bits per heavy atom. The third-order valence-corrected chi connectivity index (χ3v) is 7.38. The molecule has 0 N–H and O–H groups in total. The van der Waals surface area contributed by atoms with Crippen molar-refractivity contribution >= 4 is 34.9 Å². The monoisotopic (exact) mass is 486 g/mol. The van der Waals surface area contributed by atoms with Crippen LogP contribution in [-0.2, 0) is 16.1 Å². The average Bonchev–Trinajstić information content (AvgIpc) is 3.29. The summed E-state index contributed by atoms with van der Waals surface area (Å²) in [5.41, 5.74) is 1.55. The Balaban J connectivity index is 1.52. The van der Waals surface area contributed by atoms with Gasteiger partial charge in [-0.15, -0.1) is 0 Å². The van der Waals surface area contributed by atoms with Crippen molar-refractivity contribution in [1.82, 2.24) is 4.90 Å². The summed E-state index contributed by atoms with van der Waals surface area (Å²) in [6, 6.07) is 34.8. The number of fused-ring (bicyclic) bond motifs is 4. The zero-order valence-electron chi connectivity index (χ0n) is 19.8. The van der Waals surface area contributed by atoms with Gasteiger partial charge in [0.1, 0.15) is 6.17 Å². The molecule has 7 heteroatoms. The maximum absolute atomic E-state index is 14.6. The molecular formula is C30H22N4O3. The zero-order valence-corrected chi connectivity index (χ0v) is 19.8. The number of carbonyl (C=O) groups is 3. The Hall–Kier alpha value is -4.75. The van der Waals surface area contributed by atoms with E-state index in [0.717, 1.165) is 16.0 Å². The van der Waals surface area contributed by atoms with Crippen LogP contribution < -0.4 is 14.7 Å². The smallest absolute Gasteiger partial charge is 0.288 e.